The van der Waals surface area contributed by atoms with Crippen molar-refractivity contribution in [3.05, 3.63) is 64.5 Å². The van der Waals surface area contributed by atoms with Gasteiger partial charge in [-0.2, -0.15) is 4.98 Å². The fourth-order valence-electron chi connectivity index (χ4n) is 3.49. The Labute approximate surface area is 174 Å². The van der Waals surface area contributed by atoms with Crippen LogP contribution in [0.1, 0.15) is 42.3 Å². The van der Waals surface area contributed by atoms with E-state index in [9.17, 15) is 4.79 Å². The molecule has 0 aliphatic carbocycles. The summed E-state index contributed by atoms with van der Waals surface area (Å²) >= 11 is 6.18. The fraction of sp³-hybridized carbons (Fsp3) is 0.318. The topological polar surface area (TPSA) is 71.3 Å². The van der Waals surface area contributed by atoms with Crippen molar-refractivity contribution in [2.75, 3.05) is 11.9 Å². The van der Waals surface area contributed by atoms with Crippen LogP contribution in [0.2, 0.25) is 5.02 Å². The number of rotatable bonds is 3. The monoisotopic (exact) mass is 410 g/mol. The first-order valence-electron chi connectivity index (χ1n) is 9.75. The summed E-state index contributed by atoms with van der Waals surface area (Å²) in [5.41, 5.74) is 3.70. The van der Waals surface area contributed by atoms with Crippen molar-refractivity contribution in [2.45, 2.75) is 39.2 Å². The average molecular weight is 411 g/mol. The molecule has 150 valence electrons. The number of nitrogens with zero attached hydrogens (tertiary/aromatic N) is 3. The fourth-order valence-corrected chi connectivity index (χ4v) is 3.67. The van der Waals surface area contributed by atoms with Gasteiger partial charge < -0.3 is 14.7 Å². The summed E-state index contributed by atoms with van der Waals surface area (Å²) in [4.78, 5) is 19.3. The smallest absolute Gasteiger partial charge is 0.322 e. The van der Waals surface area contributed by atoms with E-state index >= 15 is 0 Å². The van der Waals surface area contributed by atoms with E-state index in [0.29, 0.717) is 29.0 Å². The molecule has 1 aliphatic heterocycles. The zero-order valence-corrected chi connectivity index (χ0v) is 17.2. The van der Waals surface area contributed by atoms with Crippen LogP contribution in [-0.2, 0) is 0 Å². The molecule has 6 nitrogen and oxygen atoms in total. The number of hydrogen-bond acceptors (Lipinski definition) is 4. The van der Waals surface area contributed by atoms with E-state index in [1.54, 1.807) is 11.0 Å². The van der Waals surface area contributed by atoms with E-state index in [1.807, 2.05) is 50.2 Å². The molecule has 1 aliphatic rings. The number of likely N-dealkylation sites (tertiary alicyclic amines) is 1. The lowest BCUT2D eigenvalue weighted by Crippen LogP contribution is -2.41. The van der Waals surface area contributed by atoms with Crippen LogP contribution in [0.15, 0.2) is 47.0 Å². The summed E-state index contributed by atoms with van der Waals surface area (Å²) in [6.45, 7) is 4.60. The number of halogens is 1. The zero-order valence-electron chi connectivity index (χ0n) is 16.5. The Morgan fingerprint density at radius 2 is 1.97 bits per heavy atom. The van der Waals surface area contributed by atoms with Crippen molar-refractivity contribution in [3.63, 3.8) is 0 Å². The van der Waals surface area contributed by atoms with Crippen LogP contribution in [-0.4, -0.2) is 27.6 Å². The molecule has 4 rings (SSSR count). The van der Waals surface area contributed by atoms with Gasteiger partial charge >= 0.3 is 6.03 Å². The van der Waals surface area contributed by atoms with E-state index in [1.165, 1.54) is 5.56 Å². The lowest BCUT2D eigenvalue weighted by atomic mass is 10.0. The standard InChI is InChI=1S/C22H23ClN4O2/c1-14-6-9-16(10-7-14)20-25-21(29-26-20)19-5-3-4-12-27(19)22(28)24-17-11-8-15(2)18(23)13-17/h6-11,13,19H,3-5,12H2,1-2H3,(H,24,28). The number of aryl methyl sites for hydroxylation is 2. The molecule has 0 saturated carbocycles. The molecule has 2 heterocycles. The molecular formula is C22H23ClN4O2. The number of benzene rings is 2. The number of piperidine rings is 1. The summed E-state index contributed by atoms with van der Waals surface area (Å²) in [5, 5.41) is 7.69. The first-order valence-corrected chi connectivity index (χ1v) is 10.1. The summed E-state index contributed by atoms with van der Waals surface area (Å²) in [6, 6.07) is 13.0. The third-order valence-electron chi connectivity index (χ3n) is 5.22. The van der Waals surface area contributed by atoms with Crippen LogP contribution >= 0.6 is 11.6 Å². The number of urea groups is 1. The molecule has 1 N–H and O–H groups in total. The summed E-state index contributed by atoms with van der Waals surface area (Å²) in [5.74, 6) is 1.01. The summed E-state index contributed by atoms with van der Waals surface area (Å²) < 4.78 is 5.55. The lowest BCUT2D eigenvalue weighted by Gasteiger charge is -2.33. The molecule has 7 heteroatoms. The van der Waals surface area contributed by atoms with Crippen LogP contribution < -0.4 is 5.32 Å². The van der Waals surface area contributed by atoms with Crippen molar-refractivity contribution < 1.29 is 9.32 Å². The molecule has 0 radical (unpaired) electrons. The lowest BCUT2D eigenvalue weighted by molar-refractivity contribution is 0.142. The maximum absolute atomic E-state index is 12.9. The van der Waals surface area contributed by atoms with Crippen molar-refractivity contribution in [1.82, 2.24) is 15.0 Å². The highest BCUT2D eigenvalue weighted by Crippen LogP contribution is 2.32. The molecule has 1 saturated heterocycles. The van der Waals surface area contributed by atoms with Gasteiger partial charge in [-0.15, -0.1) is 0 Å². The Balaban J connectivity index is 1.53. The Hall–Kier alpha value is -2.86. The van der Waals surface area contributed by atoms with Crippen molar-refractivity contribution in [1.29, 1.82) is 0 Å². The second-order valence-electron chi connectivity index (χ2n) is 7.42. The van der Waals surface area contributed by atoms with Gasteiger partial charge in [-0.25, -0.2) is 4.79 Å². The molecule has 1 aromatic heterocycles. The highest BCUT2D eigenvalue weighted by atomic mass is 35.5. The van der Waals surface area contributed by atoms with E-state index in [4.69, 9.17) is 16.1 Å². The van der Waals surface area contributed by atoms with Crippen LogP contribution in [0.3, 0.4) is 0 Å². The normalized spacial score (nSPS) is 16.7. The Kier molecular flexibility index (Phi) is 5.53. The minimum atomic E-state index is -0.239. The first-order chi connectivity index (χ1) is 14.0. The maximum Gasteiger partial charge on any atom is 0.322 e. The zero-order chi connectivity index (χ0) is 20.4. The Bertz CT molecular complexity index is 1020. The van der Waals surface area contributed by atoms with Gasteiger partial charge in [0.15, 0.2) is 0 Å². The maximum atomic E-state index is 12.9. The molecule has 0 bridgehead atoms. The molecule has 1 fully saturated rings. The van der Waals surface area contributed by atoms with E-state index in [0.717, 1.165) is 30.4 Å². The number of hydrogen-bond donors (Lipinski definition) is 1. The van der Waals surface area contributed by atoms with Gasteiger partial charge in [0.1, 0.15) is 6.04 Å². The largest absolute Gasteiger partial charge is 0.337 e. The van der Waals surface area contributed by atoms with Crippen molar-refractivity contribution in [2.24, 2.45) is 0 Å². The van der Waals surface area contributed by atoms with Crippen LogP contribution in [0, 0.1) is 13.8 Å². The van der Waals surface area contributed by atoms with Gasteiger partial charge in [-0.05, 0) is 50.8 Å². The number of carbonyl (C=O) groups is 1. The third-order valence-corrected chi connectivity index (χ3v) is 5.63. The number of anilines is 1. The van der Waals surface area contributed by atoms with Crippen LogP contribution in [0.5, 0.6) is 0 Å². The van der Waals surface area contributed by atoms with E-state index in [2.05, 4.69) is 15.5 Å². The SMILES string of the molecule is Cc1ccc(-c2noc(C3CCCCN3C(=O)Nc3ccc(C)c(Cl)c3)n2)cc1. The highest BCUT2D eigenvalue weighted by molar-refractivity contribution is 6.31. The van der Waals surface area contributed by atoms with Crippen molar-refractivity contribution in [3.8, 4) is 11.4 Å². The Morgan fingerprint density at radius 1 is 1.17 bits per heavy atom. The second kappa shape index (κ2) is 8.25. The molecule has 2 amide bonds. The van der Waals surface area contributed by atoms with Gasteiger partial charge in [0.05, 0.1) is 0 Å². The predicted octanol–water partition coefficient (Wildman–Crippen LogP) is 5.77. The molecule has 1 atom stereocenters. The van der Waals surface area contributed by atoms with Crippen LogP contribution in [0.4, 0.5) is 10.5 Å². The molecular weight excluding hydrogens is 388 g/mol. The number of amides is 2. The molecule has 2 aromatic carbocycles. The van der Waals surface area contributed by atoms with Crippen LogP contribution in [0.25, 0.3) is 11.4 Å². The predicted molar refractivity (Wildman–Crippen MR) is 113 cm³/mol. The summed E-state index contributed by atoms with van der Waals surface area (Å²) in [6.07, 6.45) is 2.74. The summed E-state index contributed by atoms with van der Waals surface area (Å²) in [7, 11) is 0. The van der Waals surface area contributed by atoms with E-state index < -0.39 is 0 Å². The quantitative estimate of drug-likeness (QED) is 0.595. The molecule has 1 unspecified atom stereocenters. The number of aromatic nitrogens is 2. The number of nitrogens with one attached hydrogen (secondary N) is 1. The van der Waals surface area contributed by atoms with Gasteiger partial charge in [-0.3, -0.25) is 0 Å². The van der Waals surface area contributed by atoms with Gasteiger partial charge in [0, 0.05) is 22.8 Å². The average Bonchev–Trinajstić information content (AvgIpc) is 3.21. The third kappa shape index (κ3) is 4.27. The Morgan fingerprint density at radius 3 is 2.72 bits per heavy atom. The van der Waals surface area contributed by atoms with Crippen molar-refractivity contribution >= 4 is 23.3 Å². The minimum Gasteiger partial charge on any atom is -0.337 e. The molecule has 0 spiro atoms. The van der Waals surface area contributed by atoms with Gasteiger partial charge in [-0.1, -0.05) is 52.7 Å². The van der Waals surface area contributed by atoms with E-state index in [-0.39, 0.29) is 12.1 Å². The highest BCUT2D eigenvalue weighted by Gasteiger charge is 2.32. The minimum absolute atomic E-state index is 0.190. The number of carbonyl (C=O) groups excluding carboxylic acids is 1. The first kappa shape index (κ1) is 19.5. The van der Waals surface area contributed by atoms with Gasteiger partial charge in [0.2, 0.25) is 11.7 Å². The second-order valence-corrected chi connectivity index (χ2v) is 7.83. The van der Waals surface area contributed by atoms with Gasteiger partial charge in [0.25, 0.3) is 0 Å². The molecule has 3 aromatic rings. The molecule has 29 heavy (non-hydrogen) atoms.